The van der Waals surface area contributed by atoms with Crippen molar-refractivity contribution in [2.45, 2.75) is 75.5 Å². The van der Waals surface area contributed by atoms with E-state index in [-0.39, 0.29) is 11.4 Å². The number of nitrogens with one attached hydrogen (secondary N) is 1. The first-order valence-corrected chi connectivity index (χ1v) is 15.0. The zero-order valence-corrected chi connectivity index (χ0v) is 20.2. The number of halogens is 1. The Morgan fingerprint density at radius 1 is 0.812 bits per heavy atom. The van der Waals surface area contributed by atoms with Gasteiger partial charge >= 0.3 is 0 Å². The summed E-state index contributed by atoms with van der Waals surface area (Å²) in [5, 5.41) is 1.25. The summed E-state index contributed by atoms with van der Waals surface area (Å²) in [7, 11) is 0. The molecule has 2 aliphatic carbocycles. The quantitative estimate of drug-likeness (QED) is 0.415. The third-order valence-corrected chi connectivity index (χ3v) is 14.2. The minimum absolute atomic E-state index is 0.129. The molecule has 0 aliphatic heterocycles. The molecule has 0 atom stereocenters. The summed E-state index contributed by atoms with van der Waals surface area (Å²) in [5.41, 5.74) is 3.78. The van der Waals surface area contributed by atoms with Crippen LogP contribution in [0.4, 0.5) is 4.39 Å². The molecule has 0 bridgehead atoms. The predicted octanol–water partition coefficient (Wildman–Crippen LogP) is 7.10. The Balaban J connectivity index is 1.84. The highest BCUT2D eigenvalue weighted by atomic mass is 32.4. The van der Waals surface area contributed by atoms with Gasteiger partial charge in [0, 0.05) is 22.4 Å². The molecular formula is C27H31FNOPS. The van der Waals surface area contributed by atoms with E-state index in [4.69, 9.17) is 11.8 Å². The molecule has 32 heavy (non-hydrogen) atoms. The maximum Gasteiger partial charge on any atom is 0.256 e. The highest BCUT2D eigenvalue weighted by molar-refractivity contribution is 8.19. The van der Waals surface area contributed by atoms with Crippen LogP contribution in [0.5, 0.6) is 0 Å². The largest absolute Gasteiger partial charge is 0.320 e. The predicted molar refractivity (Wildman–Crippen MR) is 138 cm³/mol. The molecule has 0 saturated heterocycles. The molecule has 1 heterocycles. The van der Waals surface area contributed by atoms with Gasteiger partial charge < -0.3 is 4.98 Å². The van der Waals surface area contributed by atoms with Crippen LogP contribution in [0.3, 0.4) is 0 Å². The van der Waals surface area contributed by atoms with Crippen molar-refractivity contribution in [1.82, 2.24) is 4.98 Å². The first-order valence-electron chi connectivity index (χ1n) is 12.1. The number of hydrogen-bond donors (Lipinski definition) is 1. The van der Waals surface area contributed by atoms with Crippen LogP contribution in [0.2, 0.25) is 0 Å². The Hall–Kier alpha value is -1.77. The van der Waals surface area contributed by atoms with Crippen molar-refractivity contribution in [3.8, 4) is 11.1 Å². The van der Waals surface area contributed by atoms with Crippen LogP contribution in [-0.2, 0) is 11.8 Å². The van der Waals surface area contributed by atoms with Crippen LogP contribution in [0.15, 0.2) is 53.3 Å². The molecule has 2 nitrogen and oxygen atoms in total. The molecule has 2 aliphatic rings. The van der Waals surface area contributed by atoms with Gasteiger partial charge in [-0.3, -0.25) is 4.79 Å². The summed E-state index contributed by atoms with van der Waals surface area (Å²) in [6, 6.07) is 12.6. The van der Waals surface area contributed by atoms with E-state index in [1.54, 1.807) is 6.07 Å². The second-order valence-corrected chi connectivity index (χ2v) is 14.7. The van der Waals surface area contributed by atoms with Crippen LogP contribution >= 0.6 is 6.04 Å². The van der Waals surface area contributed by atoms with Crippen molar-refractivity contribution in [1.29, 1.82) is 0 Å². The highest BCUT2D eigenvalue weighted by Gasteiger charge is 2.41. The normalized spacial score (nSPS) is 18.8. The van der Waals surface area contributed by atoms with Crippen molar-refractivity contribution in [3.63, 3.8) is 0 Å². The van der Waals surface area contributed by atoms with E-state index in [0.29, 0.717) is 22.1 Å². The van der Waals surface area contributed by atoms with E-state index < -0.39 is 6.04 Å². The Kier molecular flexibility index (Phi) is 6.36. The van der Waals surface area contributed by atoms with Gasteiger partial charge in [0.2, 0.25) is 0 Å². The van der Waals surface area contributed by atoms with E-state index >= 15 is 0 Å². The SMILES string of the molecule is O=c1[nH]c(P(=S)(C2CCCCC2)C2CCCCC2)c(-c2ccccc2)c2cc(F)ccc12. The summed E-state index contributed by atoms with van der Waals surface area (Å²) >= 11 is 6.80. The Bertz CT molecular complexity index is 1190. The van der Waals surface area contributed by atoms with Gasteiger partial charge in [0.15, 0.2) is 0 Å². The number of pyridine rings is 1. The van der Waals surface area contributed by atoms with E-state index in [1.807, 2.05) is 18.2 Å². The molecule has 3 aromatic rings. The summed E-state index contributed by atoms with van der Waals surface area (Å²) in [4.78, 5) is 16.6. The molecular weight excluding hydrogens is 436 g/mol. The van der Waals surface area contributed by atoms with Crippen molar-refractivity contribution in [3.05, 3.63) is 64.7 Å². The van der Waals surface area contributed by atoms with Gasteiger partial charge in [-0.05, 0) is 60.8 Å². The molecule has 1 aromatic heterocycles. The van der Waals surface area contributed by atoms with Crippen molar-refractivity contribution < 1.29 is 4.39 Å². The minimum Gasteiger partial charge on any atom is -0.320 e. The second kappa shape index (κ2) is 9.23. The van der Waals surface area contributed by atoms with Gasteiger partial charge in [-0.25, -0.2) is 4.39 Å². The van der Waals surface area contributed by atoms with Crippen molar-refractivity contribution in [2.75, 3.05) is 0 Å². The zero-order valence-electron chi connectivity index (χ0n) is 18.5. The summed E-state index contributed by atoms with van der Waals surface area (Å²) in [6.45, 7) is 0. The average Bonchev–Trinajstić information content (AvgIpc) is 2.85. The standard InChI is InChI=1S/C27H31FNOPS/c28-20-16-17-23-24(18-20)25(19-10-4-1-5-11-19)27(29-26(23)30)31(32,21-12-6-2-7-13-21)22-14-8-3-9-15-22/h1,4-5,10-11,16-18,21-22H,2-3,6-9,12-15H2,(H,29,30). The maximum absolute atomic E-state index is 14.5. The molecule has 0 unspecified atom stereocenters. The summed E-state index contributed by atoms with van der Waals surface area (Å²) in [6.07, 6.45) is 12.1. The molecule has 0 amide bonds. The number of fused-ring (bicyclic) bond motifs is 1. The third kappa shape index (κ3) is 3.90. The van der Waals surface area contributed by atoms with E-state index in [1.165, 1.54) is 50.7 Å². The van der Waals surface area contributed by atoms with Gasteiger partial charge in [0.25, 0.3) is 5.56 Å². The van der Waals surface area contributed by atoms with Gasteiger partial charge in [0.1, 0.15) is 5.82 Å². The third-order valence-electron chi connectivity index (χ3n) is 7.61. The van der Waals surface area contributed by atoms with Gasteiger partial charge in [-0.1, -0.05) is 80.7 Å². The monoisotopic (exact) mass is 467 g/mol. The molecule has 5 heteroatoms. The molecule has 0 spiro atoms. The highest BCUT2D eigenvalue weighted by Crippen LogP contribution is 2.63. The minimum atomic E-state index is -2.12. The zero-order chi connectivity index (χ0) is 22.1. The first-order chi connectivity index (χ1) is 15.6. The summed E-state index contributed by atoms with van der Waals surface area (Å²) in [5.74, 6) is -0.310. The molecule has 2 saturated carbocycles. The Labute approximate surface area is 194 Å². The average molecular weight is 468 g/mol. The Morgan fingerprint density at radius 3 is 2.00 bits per heavy atom. The van der Waals surface area contributed by atoms with Crippen LogP contribution in [0.25, 0.3) is 21.9 Å². The Morgan fingerprint density at radius 2 is 1.41 bits per heavy atom. The van der Waals surface area contributed by atoms with E-state index in [0.717, 1.165) is 42.2 Å². The molecule has 0 radical (unpaired) electrons. The van der Waals surface area contributed by atoms with Crippen LogP contribution in [-0.4, -0.2) is 16.3 Å². The number of benzene rings is 2. The topological polar surface area (TPSA) is 32.9 Å². The molecule has 5 rings (SSSR count). The van der Waals surface area contributed by atoms with Crippen LogP contribution in [0.1, 0.15) is 64.2 Å². The smallest absolute Gasteiger partial charge is 0.256 e. The number of aromatic nitrogens is 1. The lowest BCUT2D eigenvalue weighted by molar-refractivity contribution is 0.486. The number of H-pyrrole nitrogens is 1. The van der Waals surface area contributed by atoms with Gasteiger partial charge in [-0.2, -0.15) is 0 Å². The van der Waals surface area contributed by atoms with Gasteiger partial charge in [-0.15, -0.1) is 0 Å². The number of rotatable bonds is 4. The van der Waals surface area contributed by atoms with E-state index in [2.05, 4.69) is 17.1 Å². The second-order valence-electron chi connectivity index (χ2n) is 9.53. The summed E-state index contributed by atoms with van der Waals surface area (Å²) < 4.78 is 14.5. The lowest BCUT2D eigenvalue weighted by atomic mass is 9.99. The molecule has 2 fully saturated rings. The first kappa shape index (κ1) is 22.0. The van der Waals surface area contributed by atoms with Crippen molar-refractivity contribution >= 4 is 34.1 Å². The van der Waals surface area contributed by atoms with Gasteiger partial charge in [0.05, 0.1) is 5.44 Å². The fourth-order valence-corrected chi connectivity index (χ4v) is 12.2. The fraction of sp³-hybridized carbons (Fsp3) is 0.444. The molecule has 1 N–H and O–H groups in total. The van der Waals surface area contributed by atoms with Crippen LogP contribution < -0.4 is 11.0 Å². The number of aromatic amines is 1. The lowest BCUT2D eigenvalue weighted by Gasteiger charge is -2.42. The lowest BCUT2D eigenvalue weighted by Crippen LogP contribution is -2.34. The molecule has 168 valence electrons. The van der Waals surface area contributed by atoms with Crippen LogP contribution in [0, 0.1) is 5.82 Å². The van der Waals surface area contributed by atoms with Crippen molar-refractivity contribution in [2.24, 2.45) is 0 Å². The van der Waals surface area contributed by atoms with E-state index in [9.17, 15) is 9.18 Å². The fourth-order valence-electron chi connectivity index (χ4n) is 6.04. The molecule has 2 aromatic carbocycles. The maximum atomic E-state index is 14.5. The number of hydrogen-bond acceptors (Lipinski definition) is 2.